The third-order valence-corrected chi connectivity index (χ3v) is 4.31. The zero-order valence-electron chi connectivity index (χ0n) is 10.9. The van der Waals surface area contributed by atoms with Crippen molar-refractivity contribution in [3.63, 3.8) is 0 Å². The molecule has 20 heavy (non-hydrogen) atoms. The molecule has 2 aromatic rings. The molecule has 0 radical (unpaired) electrons. The fourth-order valence-electron chi connectivity index (χ4n) is 1.88. The van der Waals surface area contributed by atoms with Crippen LogP contribution in [0.25, 0.3) is 0 Å². The Balaban J connectivity index is 2.24. The molecule has 0 atom stereocenters. The Morgan fingerprint density at radius 1 is 1.20 bits per heavy atom. The van der Waals surface area contributed by atoms with E-state index in [1.165, 1.54) is 12.1 Å². The third-order valence-electron chi connectivity index (χ3n) is 2.81. The maximum absolute atomic E-state index is 13.6. The van der Waals surface area contributed by atoms with Crippen molar-refractivity contribution in [3.05, 3.63) is 59.4 Å². The summed E-state index contributed by atoms with van der Waals surface area (Å²) in [5.41, 5.74) is 7.25. The van der Waals surface area contributed by atoms with Crippen LogP contribution in [0.1, 0.15) is 11.1 Å². The maximum Gasteiger partial charge on any atom is 0.245 e. The fourth-order valence-corrected chi connectivity index (χ4v) is 3.09. The second-order valence-corrected chi connectivity index (χ2v) is 6.18. The number of nitrogens with two attached hydrogens (primary N) is 1. The number of rotatable bonds is 4. The van der Waals surface area contributed by atoms with Crippen LogP contribution in [0.2, 0.25) is 0 Å². The average Bonchev–Trinajstić information content (AvgIpc) is 2.36. The predicted octanol–water partition coefficient (Wildman–Crippen LogP) is 2.19. The molecule has 0 saturated heterocycles. The predicted molar refractivity (Wildman–Crippen MR) is 76.0 cm³/mol. The summed E-state index contributed by atoms with van der Waals surface area (Å²) in [5, 5.41) is 0. The first kappa shape index (κ1) is 14.5. The molecule has 0 heterocycles. The molecule has 2 aromatic carbocycles. The van der Waals surface area contributed by atoms with Crippen LogP contribution in [-0.4, -0.2) is 8.42 Å². The SMILES string of the molecule is Cc1cccc(CNS(=O)(=O)c2c(N)cccc2F)c1. The molecular formula is C14H15FN2O2S. The summed E-state index contributed by atoms with van der Waals surface area (Å²) in [7, 11) is -3.98. The molecule has 2 rings (SSSR count). The summed E-state index contributed by atoms with van der Waals surface area (Å²) in [6, 6.07) is 11.2. The van der Waals surface area contributed by atoms with Crippen LogP contribution in [0.15, 0.2) is 47.4 Å². The van der Waals surface area contributed by atoms with E-state index in [2.05, 4.69) is 4.72 Å². The Labute approximate surface area is 117 Å². The molecular weight excluding hydrogens is 279 g/mol. The van der Waals surface area contributed by atoms with Crippen LogP contribution in [-0.2, 0) is 16.6 Å². The van der Waals surface area contributed by atoms with Crippen molar-refractivity contribution in [2.75, 3.05) is 5.73 Å². The molecule has 3 N–H and O–H groups in total. The lowest BCUT2D eigenvalue weighted by Gasteiger charge is -2.10. The standard InChI is InChI=1S/C14H15FN2O2S/c1-10-4-2-5-11(8-10)9-17-20(18,19)14-12(15)6-3-7-13(14)16/h2-8,17H,9,16H2,1H3. The van der Waals surface area contributed by atoms with Crippen molar-refractivity contribution in [3.8, 4) is 0 Å². The van der Waals surface area contributed by atoms with Gasteiger partial charge in [0, 0.05) is 6.54 Å². The summed E-state index contributed by atoms with van der Waals surface area (Å²) >= 11 is 0. The van der Waals surface area contributed by atoms with Crippen molar-refractivity contribution in [1.29, 1.82) is 0 Å². The molecule has 0 unspecified atom stereocenters. The van der Waals surface area contributed by atoms with E-state index >= 15 is 0 Å². The molecule has 6 heteroatoms. The van der Waals surface area contributed by atoms with Gasteiger partial charge in [0.1, 0.15) is 10.7 Å². The number of anilines is 1. The van der Waals surface area contributed by atoms with E-state index in [1.807, 2.05) is 25.1 Å². The van der Waals surface area contributed by atoms with Gasteiger partial charge in [-0.05, 0) is 24.6 Å². The summed E-state index contributed by atoms with van der Waals surface area (Å²) in [4.78, 5) is -0.507. The molecule has 4 nitrogen and oxygen atoms in total. The van der Waals surface area contributed by atoms with Crippen LogP contribution in [0, 0.1) is 12.7 Å². The summed E-state index contributed by atoms with van der Waals surface area (Å²) in [6.07, 6.45) is 0. The van der Waals surface area contributed by atoms with Crippen molar-refractivity contribution in [1.82, 2.24) is 4.72 Å². The van der Waals surface area contributed by atoms with Gasteiger partial charge in [-0.25, -0.2) is 17.5 Å². The number of hydrogen-bond donors (Lipinski definition) is 2. The van der Waals surface area contributed by atoms with Crippen molar-refractivity contribution >= 4 is 15.7 Å². The first-order valence-corrected chi connectivity index (χ1v) is 7.47. The normalized spacial score (nSPS) is 11.5. The highest BCUT2D eigenvalue weighted by atomic mass is 32.2. The van der Waals surface area contributed by atoms with Gasteiger partial charge in [-0.15, -0.1) is 0 Å². The van der Waals surface area contributed by atoms with E-state index in [0.29, 0.717) is 0 Å². The van der Waals surface area contributed by atoms with E-state index in [4.69, 9.17) is 5.73 Å². The first-order valence-electron chi connectivity index (χ1n) is 5.99. The zero-order chi connectivity index (χ0) is 14.8. The quantitative estimate of drug-likeness (QED) is 0.849. The molecule has 0 aliphatic heterocycles. The van der Waals surface area contributed by atoms with Crippen LogP contribution >= 0.6 is 0 Å². The Bertz CT molecular complexity index is 709. The number of nitrogen functional groups attached to an aromatic ring is 1. The lowest BCUT2D eigenvalue weighted by atomic mass is 10.1. The Morgan fingerprint density at radius 2 is 1.90 bits per heavy atom. The number of hydrogen-bond acceptors (Lipinski definition) is 3. The van der Waals surface area contributed by atoms with Crippen LogP contribution in [0.3, 0.4) is 0 Å². The van der Waals surface area contributed by atoms with Gasteiger partial charge >= 0.3 is 0 Å². The van der Waals surface area contributed by atoms with Gasteiger partial charge in [-0.3, -0.25) is 0 Å². The van der Waals surface area contributed by atoms with Crippen molar-refractivity contribution in [2.24, 2.45) is 0 Å². The Kier molecular flexibility index (Phi) is 4.06. The van der Waals surface area contributed by atoms with Gasteiger partial charge in [0.15, 0.2) is 0 Å². The lowest BCUT2D eigenvalue weighted by Crippen LogP contribution is -2.25. The molecule has 0 aromatic heterocycles. The summed E-state index contributed by atoms with van der Waals surface area (Å²) in [6.45, 7) is 1.99. The second kappa shape index (κ2) is 5.60. The van der Waals surface area contributed by atoms with E-state index in [9.17, 15) is 12.8 Å². The Morgan fingerprint density at radius 3 is 2.55 bits per heavy atom. The molecule has 0 bridgehead atoms. The maximum atomic E-state index is 13.6. The first-order chi connectivity index (χ1) is 9.40. The molecule has 0 saturated carbocycles. The largest absolute Gasteiger partial charge is 0.398 e. The number of halogens is 1. The van der Waals surface area contributed by atoms with Gasteiger partial charge in [-0.2, -0.15) is 0 Å². The fraction of sp³-hybridized carbons (Fsp3) is 0.143. The van der Waals surface area contributed by atoms with Gasteiger partial charge in [0.25, 0.3) is 0 Å². The number of benzene rings is 2. The zero-order valence-corrected chi connectivity index (χ0v) is 11.7. The van der Waals surface area contributed by atoms with E-state index in [1.54, 1.807) is 6.07 Å². The van der Waals surface area contributed by atoms with E-state index in [0.717, 1.165) is 17.2 Å². The molecule has 0 fully saturated rings. The minimum absolute atomic E-state index is 0.0811. The monoisotopic (exact) mass is 294 g/mol. The lowest BCUT2D eigenvalue weighted by molar-refractivity contribution is 0.558. The highest BCUT2D eigenvalue weighted by Gasteiger charge is 2.21. The van der Waals surface area contributed by atoms with Crippen LogP contribution in [0.5, 0.6) is 0 Å². The van der Waals surface area contributed by atoms with Crippen molar-refractivity contribution < 1.29 is 12.8 Å². The van der Waals surface area contributed by atoms with Gasteiger partial charge in [0.05, 0.1) is 5.69 Å². The minimum atomic E-state index is -3.98. The summed E-state index contributed by atoms with van der Waals surface area (Å²) in [5.74, 6) is -0.859. The minimum Gasteiger partial charge on any atom is -0.398 e. The third kappa shape index (κ3) is 3.15. The second-order valence-electron chi connectivity index (χ2n) is 4.47. The van der Waals surface area contributed by atoms with Crippen molar-refractivity contribution in [2.45, 2.75) is 18.4 Å². The molecule has 0 spiro atoms. The summed E-state index contributed by atoms with van der Waals surface area (Å²) < 4.78 is 40.2. The van der Waals surface area contributed by atoms with Crippen LogP contribution in [0.4, 0.5) is 10.1 Å². The average molecular weight is 294 g/mol. The number of nitrogens with one attached hydrogen (secondary N) is 1. The molecule has 0 aliphatic rings. The van der Waals surface area contributed by atoms with Gasteiger partial charge < -0.3 is 5.73 Å². The van der Waals surface area contributed by atoms with Gasteiger partial charge in [-0.1, -0.05) is 35.9 Å². The number of aryl methyl sites for hydroxylation is 1. The van der Waals surface area contributed by atoms with Gasteiger partial charge in [0.2, 0.25) is 10.0 Å². The van der Waals surface area contributed by atoms with E-state index < -0.39 is 20.7 Å². The number of sulfonamides is 1. The molecule has 0 aliphatic carbocycles. The Hall–Kier alpha value is -1.92. The highest BCUT2D eigenvalue weighted by Crippen LogP contribution is 2.21. The van der Waals surface area contributed by atoms with E-state index in [-0.39, 0.29) is 12.2 Å². The van der Waals surface area contributed by atoms with Crippen LogP contribution < -0.4 is 10.5 Å². The topological polar surface area (TPSA) is 72.2 Å². The molecule has 0 amide bonds. The smallest absolute Gasteiger partial charge is 0.245 e. The molecule has 106 valence electrons. The highest BCUT2D eigenvalue weighted by molar-refractivity contribution is 7.89.